The summed E-state index contributed by atoms with van der Waals surface area (Å²) in [5.41, 5.74) is -1.42. The van der Waals surface area contributed by atoms with Crippen LogP contribution in [-0.4, -0.2) is 11.7 Å². The van der Waals surface area contributed by atoms with Crippen molar-refractivity contribution in [2.24, 2.45) is 0 Å². The van der Waals surface area contributed by atoms with Crippen LogP contribution in [0.25, 0.3) is 0 Å². The molecule has 4 nitrogen and oxygen atoms in total. The third-order valence-corrected chi connectivity index (χ3v) is 3.55. The lowest BCUT2D eigenvalue weighted by Gasteiger charge is -2.14. The highest BCUT2D eigenvalue weighted by Gasteiger charge is 2.35. The van der Waals surface area contributed by atoms with Gasteiger partial charge in [0.15, 0.2) is 0 Å². The number of ketones is 1. The van der Waals surface area contributed by atoms with E-state index in [9.17, 15) is 22.8 Å². The van der Waals surface area contributed by atoms with E-state index in [4.69, 9.17) is 16.9 Å². The molecule has 1 atom stereocenters. The molecule has 0 spiro atoms. The summed E-state index contributed by atoms with van der Waals surface area (Å²) < 4.78 is 38.8. The van der Waals surface area contributed by atoms with E-state index < -0.39 is 35.0 Å². The highest BCUT2D eigenvalue weighted by molar-refractivity contribution is 6.43. The SMILES string of the molecule is N#C[C@@H](C(=O)C(=O)Nc1ccccc1C(F)(F)F)c1ccc(Cl)cc1. The number of amides is 1. The number of Topliss-reactive ketones (excluding diaryl/α,β-unsaturated/α-hetero) is 1. The molecule has 0 saturated carbocycles. The van der Waals surface area contributed by atoms with Crippen LogP contribution in [0.5, 0.6) is 0 Å². The van der Waals surface area contributed by atoms with E-state index in [2.05, 4.69) is 0 Å². The van der Waals surface area contributed by atoms with Gasteiger partial charge in [-0.2, -0.15) is 18.4 Å². The molecule has 0 aliphatic heterocycles. The molecule has 128 valence electrons. The first kappa shape index (κ1) is 18.5. The summed E-state index contributed by atoms with van der Waals surface area (Å²) in [6.07, 6.45) is -4.70. The Morgan fingerprint density at radius 2 is 1.68 bits per heavy atom. The van der Waals surface area contributed by atoms with E-state index >= 15 is 0 Å². The van der Waals surface area contributed by atoms with Gasteiger partial charge in [0.25, 0.3) is 5.91 Å². The minimum Gasteiger partial charge on any atom is -0.319 e. The Kier molecular flexibility index (Phi) is 5.45. The van der Waals surface area contributed by atoms with Crippen LogP contribution in [-0.2, 0) is 15.8 Å². The number of anilines is 1. The third-order valence-electron chi connectivity index (χ3n) is 3.30. The molecule has 25 heavy (non-hydrogen) atoms. The number of hydrogen-bond acceptors (Lipinski definition) is 3. The van der Waals surface area contributed by atoms with Crippen LogP contribution in [0.1, 0.15) is 17.0 Å². The number of para-hydroxylation sites is 1. The number of carbonyl (C=O) groups excluding carboxylic acids is 2. The summed E-state index contributed by atoms with van der Waals surface area (Å²) in [5, 5.41) is 11.5. The van der Waals surface area contributed by atoms with Gasteiger partial charge in [0.05, 0.1) is 17.3 Å². The van der Waals surface area contributed by atoms with Gasteiger partial charge in [0, 0.05) is 5.02 Å². The van der Waals surface area contributed by atoms with Crippen molar-refractivity contribution in [2.45, 2.75) is 12.1 Å². The Morgan fingerprint density at radius 1 is 1.08 bits per heavy atom. The average Bonchev–Trinajstić information content (AvgIpc) is 2.56. The number of benzene rings is 2. The number of nitriles is 1. The Bertz CT molecular complexity index is 842. The summed E-state index contributed by atoms with van der Waals surface area (Å²) in [5.74, 6) is -3.92. The number of halogens is 4. The fourth-order valence-corrected chi connectivity index (χ4v) is 2.22. The van der Waals surface area contributed by atoms with Gasteiger partial charge in [-0.25, -0.2) is 0 Å². The molecule has 1 amide bonds. The largest absolute Gasteiger partial charge is 0.418 e. The molecule has 0 aliphatic rings. The number of nitrogens with one attached hydrogen (secondary N) is 1. The van der Waals surface area contributed by atoms with Crippen LogP contribution >= 0.6 is 11.6 Å². The lowest BCUT2D eigenvalue weighted by molar-refractivity contribution is -0.137. The van der Waals surface area contributed by atoms with Crippen molar-refractivity contribution >= 4 is 29.0 Å². The first-order chi connectivity index (χ1) is 11.7. The van der Waals surface area contributed by atoms with Gasteiger partial charge in [0.2, 0.25) is 5.78 Å². The van der Waals surface area contributed by atoms with Crippen molar-refractivity contribution in [3.8, 4) is 6.07 Å². The lowest BCUT2D eigenvalue weighted by Crippen LogP contribution is -2.28. The number of nitrogens with zero attached hydrogens (tertiary/aromatic N) is 1. The van der Waals surface area contributed by atoms with E-state index in [0.717, 1.165) is 18.2 Å². The Balaban J connectivity index is 2.25. The van der Waals surface area contributed by atoms with E-state index in [1.165, 1.54) is 30.3 Å². The zero-order chi connectivity index (χ0) is 18.6. The molecule has 0 unspecified atom stereocenters. The van der Waals surface area contributed by atoms with E-state index in [-0.39, 0.29) is 5.56 Å². The van der Waals surface area contributed by atoms with Crippen LogP contribution in [0.15, 0.2) is 48.5 Å². The molecule has 0 aromatic heterocycles. The second-order valence-corrected chi connectivity index (χ2v) is 5.41. The highest BCUT2D eigenvalue weighted by Crippen LogP contribution is 2.34. The van der Waals surface area contributed by atoms with E-state index in [1.54, 1.807) is 6.07 Å². The summed E-state index contributed by atoms with van der Waals surface area (Å²) in [6, 6.07) is 11.6. The van der Waals surface area contributed by atoms with Crippen LogP contribution in [0, 0.1) is 11.3 Å². The van der Waals surface area contributed by atoms with Crippen molar-refractivity contribution in [3.05, 3.63) is 64.7 Å². The highest BCUT2D eigenvalue weighted by atomic mass is 35.5. The molecule has 1 N–H and O–H groups in total. The average molecular weight is 367 g/mol. The molecule has 0 aliphatic carbocycles. The quantitative estimate of drug-likeness (QED) is 0.825. The maximum atomic E-state index is 12.9. The first-order valence-electron chi connectivity index (χ1n) is 6.90. The minimum atomic E-state index is -4.70. The molecule has 0 heterocycles. The Hall–Kier alpha value is -2.85. The normalized spacial score (nSPS) is 12.1. The number of carbonyl (C=O) groups is 2. The zero-order valence-electron chi connectivity index (χ0n) is 12.5. The fraction of sp³-hybridized carbons (Fsp3) is 0.118. The van der Waals surface area contributed by atoms with Gasteiger partial charge in [-0.3, -0.25) is 9.59 Å². The summed E-state index contributed by atoms with van der Waals surface area (Å²) in [7, 11) is 0. The molecule has 0 saturated heterocycles. The molecule has 8 heteroatoms. The smallest absolute Gasteiger partial charge is 0.319 e. The zero-order valence-corrected chi connectivity index (χ0v) is 13.2. The molecular weight excluding hydrogens is 357 g/mol. The Morgan fingerprint density at radius 3 is 2.24 bits per heavy atom. The van der Waals surface area contributed by atoms with Gasteiger partial charge in [-0.1, -0.05) is 35.9 Å². The molecular formula is C17H10ClF3N2O2. The molecule has 2 aromatic carbocycles. The van der Waals surface area contributed by atoms with E-state index in [1.807, 2.05) is 5.32 Å². The summed E-state index contributed by atoms with van der Waals surface area (Å²) in [6.45, 7) is 0. The number of rotatable bonds is 4. The maximum Gasteiger partial charge on any atom is 0.418 e. The number of alkyl halides is 3. The predicted octanol–water partition coefficient (Wildman–Crippen LogP) is 4.17. The molecule has 2 aromatic rings. The molecule has 0 radical (unpaired) electrons. The predicted molar refractivity (Wildman–Crippen MR) is 84.9 cm³/mol. The summed E-state index contributed by atoms with van der Waals surface area (Å²) in [4.78, 5) is 24.2. The van der Waals surface area contributed by atoms with Crippen molar-refractivity contribution in [1.82, 2.24) is 0 Å². The fourth-order valence-electron chi connectivity index (χ4n) is 2.09. The second kappa shape index (κ2) is 7.36. The van der Waals surface area contributed by atoms with Gasteiger partial charge in [-0.15, -0.1) is 0 Å². The van der Waals surface area contributed by atoms with Crippen molar-refractivity contribution in [3.63, 3.8) is 0 Å². The topological polar surface area (TPSA) is 70.0 Å². The van der Waals surface area contributed by atoms with Crippen LogP contribution < -0.4 is 5.32 Å². The lowest BCUT2D eigenvalue weighted by atomic mass is 9.95. The van der Waals surface area contributed by atoms with Crippen LogP contribution in [0.4, 0.5) is 18.9 Å². The second-order valence-electron chi connectivity index (χ2n) is 4.98. The van der Waals surface area contributed by atoms with Gasteiger partial charge in [0.1, 0.15) is 5.92 Å². The number of hydrogen-bond donors (Lipinski definition) is 1. The molecule has 0 bridgehead atoms. The van der Waals surface area contributed by atoms with Crippen LogP contribution in [0.3, 0.4) is 0 Å². The first-order valence-corrected chi connectivity index (χ1v) is 7.28. The molecule has 2 rings (SSSR count). The van der Waals surface area contributed by atoms with Crippen molar-refractivity contribution in [2.75, 3.05) is 5.32 Å². The van der Waals surface area contributed by atoms with Gasteiger partial charge >= 0.3 is 6.18 Å². The minimum absolute atomic E-state index is 0.219. The van der Waals surface area contributed by atoms with Crippen molar-refractivity contribution < 1.29 is 22.8 Å². The van der Waals surface area contributed by atoms with Gasteiger partial charge < -0.3 is 5.32 Å². The van der Waals surface area contributed by atoms with Gasteiger partial charge in [-0.05, 0) is 29.8 Å². The Labute approximate surface area is 145 Å². The monoisotopic (exact) mass is 366 g/mol. The molecule has 0 fully saturated rings. The summed E-state index contributed by atoms with van der Waals surface area (Å²) >= 11 is 5.72. The van der Waals surface area contributed by atoms with Crippen molar-refractivity contribution in [1.29, 1.82) is 5.26 Å². The van der Waals surface area contributed by atoms with Crippen LogP contribution in [0.2, 0.25) is 5.02 Å². The third kappa shape index (κ3) is 4.37. The maximum absolute atomic E-state index is 12.9. The van der Waals surface area contributed by atoms with E-state index in [0.29, 0.717) is 5.02 Å². The standard InChI is InChI=1S/C17H10ClF3N2O2/c18-11-7-5-10(6-8-11)12(9-22)15(24)16(25)23-14-4-2-1-3-13(14)17(19,20)21/h1-8,12H,(H,23,25)/t12-/m1/s1.